The molecule has 1 aromatic carbocycles. The minimum Gasteiger partial charge on any atom is -0.465 e. The number of rotatable bonds is 5. The van der Waals surface area contributed by atoms with Crippen LogP contribution in [0.15, 0.2) is 40.8 Å². The van der Waals surface area contributed by atoms with Crippen LogP contribution in [0.1, 0.15) is 28.8 Å². The van der Waals surface area contributed by atoms with Gasteiger partial charge < -0.3 is 19.8 Å². The first-order valence-corrected chi connectivity index (χ1v) is 6.96. The number of hydrogen-bond acceptors (Lipinski definition) is 4. The Kier molecular flexibility index (Phi) is 5.19. The molecular weight excluding hydrogens is 284 g/mol. The zero-order valence-electron chi connectivity index (χ0n) is 12.5. The van der Waals surface area contributed by atoms with Crippen LogP contribution in [-0.2, 0) is 11.3 Å². The molecule has 1 aromatic heterocycles. The number of amides is 2. The van der Waals surface area contributed by atoms with Gasteiger partial charge in [0.25, 0.3) is 0 Å². The molecular formula is C16H18N2O4. The van der Waals surface area contributed by atoms with Gasteiger partial charge in [-0.15, -0.1) is 0 Å². The molecule has 22 heavy (non-hydrogen) atoms. The number of anilines is 1. The van der Waals surface area contributed by atoms with Crippen molar-refractivity contribution in [2.24, 2.45) is 0 Å². The fourth-order valence-electron chi connectivity index (χ4n) is 1.89. The summed E-state index contributed by atoms with van der Waals surface area (Å²) in [5.41, 5.74) is 0.711. The molecule has 0 unspecified atom stereocenters. The molecule has 116 valence electrons. The zero-order valence-corrected chi connectivity index (χ0v) is 12.5. The lowest BCUT2D eigenvalue weighted by Crippen LogP contribution is -2.28. The van der Waals surface area contributed by atoms with E-state index in [1.54, 1.807) is 37.3 Å². The average molecular weight is 302 g/mol. The maximum atomic E-state index is 11.9. The summed E-state index contributed by atoms with van der Waals surface area (Å²) in [5, 5.41) is 5.30. The smallest absolute Gasteiger partial charge is 0.340 e. The molecule has 1 heterocycles. The van der Waals surface area contributed by atoms with Crippen LogP contribution in [0.25, 0.3) is 0 Å². The van der Waals surface area contributed by atoms with Gasteiger partial charge in [0.15, 0.2) is 0 Å². The number of para-hydroxylation sites is 1. The number of carbonyl (C=O) groups is 2. The minimum absolute atomic E-state index is 0.265. The molecule has 2 aromatic rings. The van der Waals surface area contributed by atoms with E-state index in [0.717, 1.165) is 5.76 Å². The number of carbonyl (C=O) groups excluding carboxylic acids is 2. The van der Waals surface area contributed by atoms with Crippen LogP contribution in [0.4, 0.5) is 10.5 Å². The van der Waals surface area contributed by atoms with Crippen LogP contribution >= 0.6 is 0 Å². The molecule has 0 fully saturated rings. The van der Waals surface area contributed by atoms with Crippen molar-refractivity contribution < 1.29 is 18.7 Å². The molecule has 2 amide bonds. The Hall–Kier alpha value is -2.76. The second-order valence-corrected chi connectivity index (χ2v) is 4.59. The maximum Gasteiger partial charge on any atom is 0.340 e. The molecule has 6 nitrogen and oxygen atoms in total. The van der Waals surface area contributed by atoms with Crippen LogP contribution in [0.5, 0.6) is 0 Å². The number of furan rings is 1. The van der Waals surface area contributed by atoms with Crippen molar-refractivity contribution in [1.29, 1.82) is 0 Å². The minimum atomic E-state index is -0.472. The summed E-state index contributed by atoms with van der Waals surface area (Å²) >= 11 is 0. The van der Waals surface area contributed by atoms with Gasteiger partial charge in [0.2, 0.25) is 0 Å². The predicted molar refractivity (Wildman–Crippen MR) is 81.7 cm³/mol. The van der Waals surface area contributed by atoms with Crippen molar-refractivity contribution in [3.63, 3.8) is 0 Å². The summed E-state index contributed by atoms with van der Waals surface area (Å²) in [6, 6.07) is 9.88. The molecule has 2 N–H and O–H groups in total. The highest BCUT2D eigenvalue weighted by Gasteiger charge is 2.13. The highest BCUT2D eigenvalue weighted by atomic mass is 16.5. The van der Waals surface area contributed by atoms with E-state index >= 15 is 0 Å². The average Bonchev–Trinajstić information content (AvgIpc) is 2.91. The molecule has 0 bridgehead atoms. The van der Waals surface area contributed by atoms with Gasteiger partial charge in [-0.25, -0.2) is 9.59 Å². The van der Waals surface area contributed by atoms with Crippen LogP contribution < -0.4 is 10.6 Å². The molecule has 0 atom stereocenters. The number of hydrogen-bond donors (Lipinski definition) is 2. The van der Waals surface area contributed by atoms with Crippen LogP contribution in [-0.4, -0.2) is 18.6 Å². The molecule has 0 aliphatic heterocycles. The largest absolute Gasteiger partial charge is 0.465 e. The number of benzene rings is 1. The Morgan fingerprint density at radius 1 is 1.18 bits per heavy atom. The van der Waals surface area contributed by atoms with E-state index in [2.05, 4.69) is 10.6 Å². The standard InChI is InChI=1S/C16H18N2O4/c1-3-21-15(19)13-6-4-5-7-14(13)18-16(20)17-10-12-9-8-11(2)22-12/h4-9H,3,10H2,1-2H3,(H2,17,18,20). The SMILES string of the molecule is CCOC(=O)c1ccccc1NC(=O)NCc1ccc(C)o1. The lowest BCUT2D eigenvalue weighted by Gasteiger charge is -2.10. The van der Waals surface area contributed by atoms with Gasteiger partial charge in [-0.1, -0.05) is 12.1 Å². The molecule has 0 saturated heterocycles. The van der Waals surface area contributed by atoms with Gasteiger partial charge in [-0.2, -0.15) is 0 Å². The Morgan fingerprint density at radius 2 is 1.95 bits per heavy atom. The Bertz CT molecular complexity index is 664. The van der Waals surface area contributed by atoms with E-state index in [4.69, 9.17) is 9.15 Å². The molecule has 0 saturated carbocycles. The van der Waals surface area contributed by atoms with E-state index in [0.29, 0.717) is 17.0 Å². The third-order valence-electron chi connectivity index (χ3n) is 2.89. The summed E-state index contributed by atoms with van der Waals surface area (Å²) in [6.07, 6.45) is 0. The Morgan fingerprint density at radius 3 is 2.64 bits per heavy atom. The Labute approximate surface area is 128 Å². The first kappa shape index (κ1) is 15.6. The van der Waals surface area contributed by atoms with Gasteiger partial charge in [0.1, 0.15) is 11.5 Å². The second kappa shape index (κ2) is 7.31. The Balaban J connectivity index is 1.97. The first-order valence-electron chi connectivity index (χ1n) is 6.96. The molecule has 0 aliphatic rings. The predicted octanol–water partition coefficient (Wildman–Crippen LogP) is 3.09. The zero-order chi connectivity index (χ0) is 15.9. The first-order chi connectivity index (χ1) is 10.6. The van der Waals surface area contributed by atoms with E-state index in [-0.39, 0.29) is 13.2 Å². The van der Waals surface area contributed by atoms with Gasteiger partial charge in [-0.3, -0.25) is 0 Å². The topological polar surface area (TPSA) is 80.6 Å². The fourth-order valence-corrected chi connectivity index (χ4v) is 1.89. The van der Waals surface area contributed by atoms with Gasteiger partial charge in [0.05, 0.1) is 24.4 Å². The van der Waals surface area contributed by atoms with Crippen molar-refractivity contribution >= 4 is 17.7 Å². The van der Waals surface area contributed by atoms with Crippen LogP contribution in [0, 0.1) is 6.92 Å². The van der Waals surface area contributed by atoms with Gasteiger partial charge in [0, 0.05) is 0 Å². The number of ether oxygens (including phenoxy) is 1. The van der Waals surface area contributed by atoms with Gasteiger partial charge >= 0.3 is 12.0 Å². The van der Waals surface area contributed by atoms with Crippen molar-refractivity contribution in [3.8, 4) is 0 Å². The van der Waals surface area contributed by atoms with Crippen molar-refractivity contribution in [1.82, 2.24) is 5.32 Å². The lowest BCUT2D eigenvalue weighted by atomic mass is 10.2. The summed E-state index contributed by atoms with van der Waals surface area (Å²) in [5.74, 6) is 0.969. The van der Waals surface area contributed by atoms with E-state index < -0.39 is 12.0 Å². The van der Waals surface area contributed by atoms with Crippen LogP contribution in [0.2, 0.25) is 0 Å². The number of nitrogens with one attached hydrogen (secondary N) is 2. The second-order valence-electron chi connectivity index (χ2n) is 4.59. The summed E-state index contributed by atoms with van der Waals surface area (Å²) in [7, 11) is 0. The molecule has 0 spiro atoms. The molecule has 0 aliphatic carbocycles. The van der Waals surface area contributed by atoms with Crippen molar-refractivity contribution in [3.05, 3.63) is 53.5 Å². The molecule has 0 radical (unpaired) electrons. The van der Waals surface area contributed by atoms with E-state index in [1.807, 2.05) is 13.0 Å². The summed E-state index contributed by atoms with van der Waals surface area (Å²) < 4.78 is 10.3. The maximum absolute atomic E-state index is 11.9. The van der Waals surface area contributed by atoms with Crippen molar-refractivity contribution in [2.75, 3.05) is 11.9 Å². The third-order valence-corrected chi connectivity index (χ3v) is 2.89. The number of urea groups is 1. The highest BCUT2D eigenvalue weighted by molar-refractivity contribution is 6.00. The van der Waals surface area contributed by atoms with E-state index in [1.165, 1.54) is 0 Å². The summed E-state index contributed by atoms with van der Waals surface area (Å²) in [4.78, 5) is 23.7. The number of aryl methyl sites for hydroxylation is 1. The fraction of sp³-hybridized carbons (Fsp3) is 0.250. The molecule has 2 rings (SSSR count). The third kappa shape index (κ3) is 4.12. The lowest BCUT2D eigenvalue weighted by molar-refractivity contribution is 0.0527. The van der Waals surface area contributed by atoms with E-state index in [9.17, 15) is 9.59 Å². The van der Waals surface area contributed by atoms with Crippen LogP contribution in [0.3, 0.4) is 0 Å². The normalized spacial score (nSPS) is 10.1. The highest BCUT2D eigenvalue weighted by Crippen LogP contribution is 2.16. The monoisotopic (exact) mass is 302 g/mol. The molecule has 6 heteroatoms. The number of esters is 1. The van der Waals surface area contributed by atoms with Crippen molar-refractivity contribution in [2.45, 2.75) is 20.4 Å². The quantitative estimate of drug-likeness (QED) is 0.832. The summed E-state index contributed by atoms with van der Waals surface area (Å²) in [6.45, 7) is 4.10. The van der Waals surface area contributed by atoms with Gasteiger partial charge in [-0.05, 0) is 38.1 Å².